The standard InChI is InChI=1S/C14H21BrN2O3S/c1-9-12(16)6-11(15)7-14(9)21(19,20)17-13-5-3-2-4-10(13)8-18/h6-7,10,13,17-18H,2-5,8,16H2,1H3. The third-order valence-corrected chi connectivity index (χ3v) is 6.18. The molecular formula is C14H21BrN2O3S. The van der Waals surface area contributed by atoms with E-state index in [4.69, 9.17) is 5.73 Å². The van der Waals surface area contributed by atoms with Crippen molar-refractivity contribution in [3.8, 4) is 0 Å². The number of hydrogen-bond donors (Lipinski definition) is 3. The second kappa shape index (κ2) is 6.64. The first-order valence-corrected chi connectivity index (χ1v) is 9.31. The van der Waals surface area contributed by atoms with E-state index in [1.807, 2.05) is 0 Å². The fourth-order valence-electron chi connectivity index (χ4n) is 2.80. The topological polar surface area (TPSA) is 92.4 Å². The molecule has 0 saturated heterocycles. The van der Waals surface area contributed by atoms with Gasteiger partial charge in [-0.3, -0.25) is 0 Å². The summed E-state index contributed by atoms with van der Waals surface area (Å²) in [6, 6.07) is 3.03. The highest BCUT2D eigenvalue weighted by Crippen LogP contribution is 2.29. The average Bonchev–Trinajstić information content (AvgIpc) is 2.43. The van der Waals surface area contributed by atoms with Crippen molar-refractivity contribution >= 4 is 31.6 Å². The summed E-state index contributed by atoms with van der Waals surface area (Å²) in [5.41, 5.74) is 6.82. The predicted octanol–water partition coefficient (Wildman–Crippen LogP) is 2.17. The van der Waals surface area contributed by atoms with Crippen molar-refractivity contribution in [1.29, 1.82) is 0 Å². The van der Waals surface area contributed by atoms with Crippen LogP contribution in [0.2, 0.25) is 0 Å². The maximum Gasteiger partial charge on any atom is 0.241 e. The number of benzene rings is 1. The number of nitrogens with two attached hydrogens (primary N) is 1. The molecule has 1 aliphatic carbocycles. The lowest BCUT2D eigenvalue weighted by Gasteiger charge is -2.30. The number of halogens is 1. The second-order valence-corrected chi connectivity index (χ2v) is 8.17. The molecular weight excluding hydrogens is 356 g/mol. The Morgan fingerprint density at radius 3 is 2.71 bits per heavy atom. The molecule has 2 rings (SSSR count). The Labute approximate surface area is 134 Å². The minimum Gasteiger partial charge on any atom is -0.398 e. The van der Waals surface area contributed by atoms with Gasteiger partial charge in [0.15, 0.2) is 0 Å². The van der Waals surface area contributed by atoms with E-state index in [9.17, 15) is 13.5 Å². The van der Waals surface area contributed by atoms with Crippen molar-refractivity contribution in [1.82, 2.24) is 4.72 Å². The Kier molecular flexibility index (Phi) is 5.29. The highest BCUT2D eigenvalue weighted by atomic mass is 79.9. The van der Waals surface area contributed by atoms with E-state index in [2.05, 4.69) is 20.7 Å². The van der Waals surface area contributed by atoms with Crippen LogP contribution in [0.5, 0.6) is 0 Å². The van der Waals surface area contributed by atoms with Crippen molar-refractivity contribution in [3.63, 3.8) is 0 Å². The van der Waals surface area contributed by atoms with Crippen LogP contribution in [-0.4, -0.2) is 26.2 Å². The van der Waals surface area contributed by atoms with Gasteiger partial charge in [-0.2, -0.15) is 0 Å². The van der Waals surface area contributed by atoms with Gasteiger partial charge in [-0.1, -0.05) is 28.8 Å². The zero-order valence-corrected chi connectivity index (χ0v) is 14.4. The molecule has 0 radical (unpaired) electrons. The molecule has 0 aliphatic heterocycles. The van der Waals surface area contributed by atoms with Gasteiger partial charge in [-0.05, 0) is 43.4 Å². The van der Waals surface area contributed by atoms with Crippen LogP contribution >= 0.6 is 15.9 Å². The zero-order valence-electron chi connectivity index (χ0n) is 12.0. The molecule has 1 aromatic carbocycles. The van der Waals surface area contributed by atoms with Crippen LogP contribution in [0.3, 0.4) is 0 Å². The van der Waals surface area contributed by atoms with Gasteiger partial charge in [0.25, 0.3) is 0 Å². The molecule has 21 heavy (non-hydrogen) atoms. The molecule has 0 bridgehead atoms. The van der Waals surface area contributed by atoms with Crippen molar-refractivity contribution in [2.75, 3.05) is 12.3 Å². The van der Waals surface area contributed by atoms with E-state index in [-0.39, 0.29) is 23.5 Å². The summed E-state index contributed by atoms with van der Waals surface area (Å²) in [6.07, 6.45) is 3.62. The van der Waals surface area contributed by atoms with Gasteiger partial charge in [0.2, 0.25) is 10.0 Å². The van der Waals surface area contributed by atoms with Crippen LogP contribution in [0.1, 0.15) is 31.2 Å². The first-order valence-electron chi connectivity index (χ1n) is 7.04. The number of nitrogen functional groups attached to an aromatic ring is 1. The minimum atomic E-state index is -3.65. The van der Waals surface area contributed by atoms with Crippen LogP contribution in [0.15, 0.2) is 21.5 Å². The van der Waals surface area contributed by atoms with Crippen molar-refractivity contribution in [2.45, 2.75) is 43.5 Å². The molecule has 2 unspecified atom stereocenters. The van der Waals surface area contributed by atoms with Gasteiger partial charge < -0.3 is 10.8 Å². The van der Waals surface area contributed by atoms with Crippen molar-refractivity contribution in [2.24, 2.45) is 5.92 Å². The Morgan fingerprint density at radius 2 is 2.05 bits per heavy atom. The lowest BCUT2D eigenvalue weighted by Crippen LogP contribution is -2.43. The fourth-order valence-corrected chi connectivity index (χ4v) is 5.06. The van der Waals surface area contributed by atoms with E-state index in [1.165, 1.54) is 0 Å². The number of aliphatic hydroxyl groups is 1. The summed E-state index contributed by atoms with van der Waals surface area (Å²) < 4.78 is 28.6. The Hall–Kier alpha value is -0.630. The molecule has 1 fully saturated rings. The van der Waals surface area contributed by atoms with Gasteiger partial charge >= 0.3 is 0 Å². The molecule has 0 heterocycles. The number of aliphatic hydroxyl groups excluding tert-OH is 1. The zero-order chi connectivity index (χ0) is 15.6. The predicted molar refractivity (Wildman–Crippen MR) is 86.4 cm³/mol. The van der Waals surface area contributed by atoms with Crippen molar-refractivity contribution < 1.29 is 13.5 Å². The van der Waals surface area contributed by atoms with Gasteiger partial charge in [0.1, 0.15) is 0 Å². The normalized spacial score (nSPS) is 23.2. The first kappa shape index (κ1) is 16.7. The number of sulfonamides is 1. The quantitative estimate of drug-likeness (QED) is 0.702. The number of nitrogens with one attached hydrogen (secondary N) is 1. The van der Waals surface area contributed by atoms with E-state index in [0.717, 1.165) is 25.7 Å². The highest BCUT2D eigenvalue weighted by Gasteiger charge is 2.30. The van der Waals surface area contributed by atoms with Gasteiger partial charge in [-0.25, -0.2) is 13.1 Å². The summed E-state index contributed by atoms with van der Waals surface area (Å²) in [4.78, 5) is 0.191. The largest absolute Gasteiger partial charge is 0.398 e. The SMILES string of the molecule is Cc1c(N)cc(Br)cc1S(=O)(=O)NC1CCCCC1CO. The summed E-state index contributed by atoms with van der Waals surface area (Å²) in [6.45, 7) is 1.70. The molecule has 0 aromatic heterocycles. The van der Waals surface area contributed by atoms with Crippen LogP contribution in [0, 0.1) is 12.8 Å². The molecule has 1 saturated carbocycles. The molecule has 0 amide bonds. The monoisotopic (exact) mass is 376 g/mol. The van der Waals surface area contributed by atoms with E-state index >= 15 is 0 Å². The van der Waals surface area contributed by atoms with Crippen LogP contribution in [0.25, 0.3) is 0 Å². The Morgan fingerprint density at radius 1 is 1.38 bits per heavy atom. The summed E-state index contributed by atoms with van der Waals surface area (Å²) in [5, 5.41) is 9.41. The summed E-state index contributed by atoms with van der Waals surface area (Å²) in [7, 11) is -3.65. The molecule has 4 N–H and O–H groups in total. The summed E-state index contributed by atoms with van der Waals surface area (Å²) in [5.74, 6) is -0.0154. The van der Waals surface area contributed by atoms with E-state index in [0.29, 0.717) is 15.7 Å². The lowest BCUT2D eigenvalue weighted by molar-refractivity contribution is 0.164. The molecule has 118 valence electrons. The minimum absolute atomic E-state index is 0.00674. The first-order chi connectivity index (χ1) is 9.85. The van der Waals surface area contributed by atoms with Gasteiger partial charge in [-0.15, -0.1) is 0 Å². The third-order valence-electron chi connectivity index (χ3n) is 4.10. The van der Waals surface area contributed by atoms with E-state index in [1.54, 1.807) is 19.1 Å². The molecule has 0 spiro atoms. The van der Waals surface area contributed by atoms with Crippen LogP contribution in [0.4, 0.5) is 5.69 Å². The van der Waals surface area contributed by atoms with Crippen LogP contribution in [-0.2, 0) is 10.0 Å². The van der Waals surface area contributed by atoms with E-state index < -0.39 is 10.0 Å². The number of hydrogen-bond acceptors (Lipinski definition) is 4. The van der Waals surface area contributed by atoms with Gasteiger partial charge in [0.05, 0.1) is 4.90 Å². The smallest absolute Gasteiger partial charge is 0.241 e. The Balaban J connectivity index is 2.30. The molecule has 1 aliphatic rings. The fraction of sp³-hybridized carbons (Fsp3) is 0.571. The maximum absolute atomic E-state index is 12.6. The summed E-state index contributed by atoms with van der Waals surface area (Å²) >= 11 is 3.28. The second-order valence-electron chi connectivity index (χ2n) is 5.57. The number of anilines is 1. The third kappa shape index (κ3) is 3.77. The average molecular weight is 377 g/mol. The molecule has 5 nitrogen and oxygen atoms in total. The molecule has 7 heteroatoms. The highest BCUT2D eigenvalue weighted by molar-refractivity contribution is 9.10. The molecule has 2 atom stereocenters. The van der Waals surface area contributed by atoms with Gasteiger partial charge in [0, 0.05) is 22.8 Å². The Bertz CT molecular complexity index is 619. The lowest BCUT2D eigenvalue weighted by atomic mass is 9.86. The molecule has 1 aromatic rings. The van der Waals surface area contributed by atoms with Crippen LogP contribution < -0.4 is 10.5 Å². The van der Waals surface area contributed by atoms with Crippen molar-refractivity contribution in [3.05, 3.63) is 22.2 Å². The maximum atomic E-state index is 12.6. The number of rotatable bonds is 4.